The third kappa shape index (κ3) is 3.14. The molecule has 9 aromatic rings. The molecule has 2 aromatic heterocycles. The van der Waals surface area contributed by atoms with Crippen LogP contribution in [0.4, 0.5) is 0 Å². The minimum absolute atomic E-state index is 1.18. The van der Waals surface area contributed by atoms with Crippen LogP contribution in [0.1, 0.15) is 0 Å². The summed E-state index contributed by atoms with van der Waals surface area (Å²) in [4.78, 5) is 0. The van der Waals surface area contributed by atoms with Crippen molar-refractivity contribution < 1.29 is 0 Å². The number of rotatable bonds is 2. The number of aromatic nitrogens is 1. The highest BCUT2D eigenvalue weighted by Gasteiger charge is 2.15. The maximum atomic E-state index is 2.42. The van der Waals surface area contributed by atoms with Gasteiger partial charge in [0.15, 0.2) is 0 Å². The molecule has 0 unspecified atom stereocenters. The molecule has 40 heavy (non-hydrogen) atoms. The van der Waals surface area contributed by atoms with Crippen LogP contribution in [0.5, 0.6) is 0 Å². The fourth-order valence-electron chi connectivity index (χ4n) is 6.48. The summed E-state index contributed by atoms with van der Waals surface area (Å²) in [6, 6.07) is 51.3. The molecule has 2 heterocycles. The first-order chi connectivity index (χ1) is 19.8. The van der Waals surface area contributed by atoms with Crippen LogP contribution in [0.15, 0.2) is 140 Å². The molecule has 0 saturated heterocycles. The van der Waals surface area contributed by atoms with Gasteiger partial charge in [0.2, 0.25) is 0 Å². The Hall–Kier alpha value is -4.92. The molecule has 7 aromatic carbocycles. The van der Waals surface area contributed by atoms with Gasteiger partial charge in [0.05, 0.1) is 11.0 Å². The summed E-state index contributed by atoms with van der Waals surface area (Å²) < 4.78 is 5.12. The van der Waals surface area contributed by atoms with Gasteiger partial charge in [0.25, 0.3) is 0 Å². The topological polar surface area (TPSA) is 4.93 Å². The molecule has 0 atom stereocenters. The van der Waals surface area contributed by atoms with Gasteiger partial charge in [-0.1, -0.05) is 91.0 Å². The van der Waals surface area contributed by atoms with Crippen molar-refractivity contribution in [2.24, 2.45) is 0 Å². The second kappa shape index (κ2) is 8.29. The molecule has 0 aliphatic rings. The number of benzene rings is 7. The molecular weight excluding hydrogens is 502 g/mol. The fraction of sp³-hybridized carbons (Fsp3) is 0. The zero-order valence-electron chi connectivity index (χ0n) is 21.6. The van der Waals surface area contributed by atoms with Crippen molar-refractivity contribution in [1.29, 1.82) is 0 Å². The Bertz CT molecular complexity index is 2420. The second-order valence-corrected chi connectivity index (χ2v) is 11.7. The number of hydrogen-bond donors (Lipinski definition) is 0. The Labute approximate surface area is 235 Å². The van der Waals surface area contributed by atoms with Gasteiger partial charge in [-0.25, -0.2) is 0 Å². The number of fused-ring (bicyclic) bond motifs is 8. The van der Waals surface area contributed by atoms with Crippen molar-refractivity contribution in [3.05, 3.63) is 140 Å². The van der Waals surface area contributed by atoms with Gasteiger partial charge in [0, 0.05) is 36.6 Å². The van der Waals surface area contributed by atoms with Gasteiger partial charge < -0.3 is 4.57 Å². The van der Waals surface area contributed by atoms with Crippen molar-refractivity contribution in [2.75, 3.05) is 0 Å². The summed E-state index contributed by atoms with van der Waals surface area (Å²) in [7, 11) is 0. The molecule has 0 aliphatic carbocycles. The van der Waals surface area contributed by atoms with Gasteiger partial charge in [-0.05, 0) is 81.2 Å². The Morgan fingerprint density at radius 2 is 1.10 bits per heavy atom. The van der Waals surface area contributed by atoms with Crippen molar-refractivity contribution in [2.45, 2.75) is 0 Å². The molecule has 0 radical (unpaired) electrons. The maximum Gasteiger partial charge on any atom is 0.0547 e. The first kappa shape index (κ1) is 22.0. The van der Waals surface area contributed by atoms with E-state index in [1.807, 2.05) is 11.3 Å². The molecule has 0 aliphatic heterocycles. The summed E-state index contributed by atoms with van der Waals surface area (Å²) in [5, 5.41) is 10.4. The van der Waals surface area contributed by atoms with E-state index in [9.17, 15) is 0 Å². The number of hydrogen-bond acceptors (Lipinski definition) is 1. The highest BCUT2D eigenvalue weighted by Crippen LogP contribution is 2.40. The van der Waals surface area contributed by atoms with E-state index in [4.69, 9.17) is 0 Å². The average Bonchev–Trinajstić information content (AvgIpc) is 3.53. The lowest BCUT2D eigenvalue weighted by Gasteiger charge is -2.11. The molecule has 0 N–H and O–H groups in total. The lowest BCUT2D eigenvalue weighted by atomic mass is 9.98. The van der Waals surface area contributed by atoms with Gasteiger partial charge >= 0.3 is 0 Å². The third-order valence-electron chi connectivity index (χ3n) is 8.35. The molecule has 0 saturated carbocycles. The Morgan fingerprint density at radius 1 is 0.400 bits per heavy atom. The van der Waals surface area contributed by atoms with Gasteiger partial charge in [-0.15, -0.1) is 11.3 Å². The number of nitrogens with zero attached hydrogens (tertiary/aromatic N) is 1. The standard InChI is InChI=1S/C38H23NS/c1-2-10-29-24(8-1)9-7-13-30(29)25-16-18-28(19-17-25)39-35-14-5-3-11-31(35)33-20-27-23-38-34(21-26(27)22-36(33)39)32-12-4-6-15-37(32)40-38/h1-23H. The van der Waals surface area contributed by atoms with E-state index in [0.717, 1.165) is 0 Å². The first-order valence-electron chi connectivity index (χ1n) is 13.7. The zero-order chi connectivity index (χ0) is 26.2. The second-order valence-electron chi connectivity index (χ2n) is 10.6. The highest BCUT2D eigenvalue weighted by atomic mass is 32.1. The Balaban J connectivity index is 1.28. The fourth-order valence-corrected chi connectivity index (χ4v) is 7.62. The molecule has 186 valence electrons. The van der Waals surface area contributed by atoms with Gasteiger partial charge in [-0.3, -0.25) is 0 Å². The quantitative estimate of drug-likeness (QED) is 0.211. The predicted molar refractivity (Wildman–Crippen MR) is 174 cm³/mol. The summed E-state index contributed by atoms with van der Waals surface area (Å²) in [5.41, 5.74) is 6.16. The lowest BCUT2D eigenvalue weighted by Crippen LogP contribution is -1.94. The lowest BCUT2D eigenvalue weighted by molar-refractivity contribution is 1.18. The molecule has 0 bridgehead atoms. The van der Waals surface area contributed by atoms with Crippen LogP contribution in [0.3, 0.4) is 0 Å². The summed E-state index contributed by atoms with van der Waals surface area (Å²) in [6.07, 6.45) is 0. The predicted octanol–water partition coefficient (Wildman–Crippen LogP) is 11.1. The van der Waals surface area contributed by atoms with Crippen LogP contribution in [-0.2, 0) is 0 Å². The van der Waals surface area contributed by atoms with Crippen molar-refractivity contribution in [3.63, 3.8) is 0 Å². The molecule has 1 nitrogen and oxygen atoms in total. The normalized spacial score (nSPS) is 12.0. The summed E-state index contributed by atoms with van der Waals surface area (Å²) >= 11 is 1.88. The van der Waals surface area contributed by atoms with Crippen LogP contribution in [0, 0.1) is 0 Å². The molecular formula is C38H23NS. The Morgan fingerprint density at radius 3 is 2.00 bits per heavy atom. The number of para-hydroxylation sites is 1. The largest absolute Gasteiger partial charge is 0.309 e. The van der Waals surface area contributed by atoms with Crippen LogP contribution in [0.2, 0.25) is 0 Å². The average molecular weight is 526 g/mol. The van der Waals surface area contributed by atoms with E-state index in [1.165, 1.54) is 80.3 Å². The minimum atomic E-state index is 1.18. The van der Waals surface area contributed by atoms with Crippen molar-refractivity contribution in [1.82, 2.24) is 4.57 Å². The van der Waals surface area contributed by atoms with E-state index in [1.54, 1.807) is 0 Å². The summed E-state index contributed by atoms with van der Waals surface area (Å²) in [6.45, 7) is 0. The van der Waals surface area contributed by atoms with Gasteiger partial charge in [-0.2, -0.15) is 0 Å². The van der Waals surface area contributed by atoms with E-state index >= 15 is 0 Å². The molecule has 0 amide bonds. The van der Waals surface area contributed by atoms with E-state index in [2.05, 4.69) is 144 Å². The zero-order valence-corrected chi connectivity index (χ0v) is 22.5. The highest BCUT2D eigenvalue weighted by molar-refractivity contribution is 7.25. The first-order valence-corrected chi connectivity index (χ1v) is 14.5. The SMILES string of the molecule is c1ccc2c(-c3ccc(-n4c5ccccc5c5cc6cc7sc8ccccc8c7cc6cc54)cc3)cccc2c1. The van der Waals surface area contributed by atoms with Crippen molar-refractivity contribution in [3.8, 4) is 16.8 Å². The van der Waals surface area contributed by atoms with E-state index in [0.29, 0.717) is 0 Å². The van der Waals surface area contributed by atoms with E-state index < -0.39 is 0 Å². The van der Waals surface area contributed by atoms with Crippen LogP contribution in [-0.4, -0.2) is 4.57 Å². The van der Waals surface area contributed by atoms with Crippen LogP contribution in [0.25, 0.3) is 80.3 Å². The molecule has 0 spiro atoms. The summed E-state index contributed by atoms with van der Waals surface area (Å²) in [5.74, 6) is 0. The van der Waals surface area contributed by atoms with E-state index in [-0.39, 0.29) is 0 Å². The van der Waals surface area contributed by atoms with Crippen LogP contribution >= 0.6 is 11.3 Å². The number of thiophene rings is 1. The Kier molecular flexibility index (Phi) is 4.55. The molecule has 0 fully saturated rings. The minimum Gasteiger partial charge on any atom is -0.309 e. The monoisotopic (exact) mass is 525 g/mol. The van der Waals surface area contributed by atoms with Crippen molar-refractivity contribution >= 4 is 74.9 Å². The maximum absolute atomic E-state index is 2.42. The third-order valence-corrected chi connectivity index (χ3v) is 9.49. The smallest absolute Gasteiger partial charge is 0.0547 e. The molecule has 9 rings (SSSR count). The molecule has 2 heteroatoms. The van der Waals surface area contributed by atoms with Crippen LogP contribution < -0.4 is 0 Å². The van der Waals surface area contributed by atoms with Gasteiger partial charge in [0.1, 0.15) is 0 Å².